The molecule has 3 aromatic carbocycles. The summed E-state index contributed by atoms with van der Waals surface area (Å²) in [4.78, 5) is 31.9. The Bertz CT molecular complexity index is 1740. The quantitative estimate of drug-likeness (QED) is 0.228. The molecule has 2 N–H and O–H groups in total. The van der Waals surface area contributed by atoms with E-state index in [9.17, 15) is 9.59 Å². The first-order valence-corrected chi connectivity index (χ1v) is 13.8. The number of para-hydroxylation sites is 1. The molecule has 2 aromatic heterocycles. The Labute approximate surface area is 231 Å². The third kappa shape index (κ3) is 4.90. The minimum absolute atomic E-state index is 0.0220. The van der Waals surface area contributed by atoms with Gasteiger partial charge >= 0.3 is 0 Å². The molecule has 6 heteroatoms. The number of nitrogens with one attached hydrogen (secondary N) is 2. The van der Waals surface area contributed by atoms with Crippen molar-refractivity contribution in [2.75, 3.05) is 0 Å². The van der Waals surface area contributed by atoms with E-state index in [2.05, 4.69) is 53.1 Å². The highest BCUT2D eigenvalue weighted by Crippen LogP contribution is 2.34. The maximum atomic E-state index is 14.3. The number of carbonyl (C=O) groups excluding carboxylic acids is 1. The fraction of sp³-hybridized carbons (Fsp3) is 0.312. The molecule has 0 aliphatic rings. The molecule has 0 bridgehead atoms. The zero-order chi connectivity index (χ0) is 27.4. The van der Waals surface area contributed by atoms with Gasteiger partial charge in [-0.25, -0.2) is 0 Å². The molecule has 196 valence electrons. The molecule has 5 nitrogen and oxygen atoms in total. The number of hydrogen-bond acceptors (Lipinski definition) is 2. The molecule has 0 aliphatic heterocycles. The molecule has 1 unspecified atom stereocenters. The molecule has 0 spiro atoms. The normalized spacial score (nSPS) is 13.3. The number of H-pyrrole nitrogens is 1. The second-order valence-corrected chi connectivity index (χ2v) is 13.1. The van der Waals surface area contributed by atoms with Crippen LogP contribution < -0.4 is 10.9 Å². The van der Waals surface area contributed by atoms with E-state index in [0.29, 0.717) is 5.52 Å². The summed E-state index contributed by atoms with van der Waals surface area (Å²) in [7, 11) is 0. The van der Waals surface area contributed by atoms with Crippen LogP contribution in [-0.4, -0.2) is 21.0 Å². The van der Waals surface area contributed by atoms with Gasteiger partial charge < -0.3 is 10.3 Å². The standard InChI is InChI=1S/C32H34BrN3O2/c1-19-11-16-25-23(17-19)26-22-9-7-8-10-24(22)34-27(26)30(38)36(25)28(20-12-14-21(33)15-13-20)29(37)35-32(5,6)18-31(2,3)4/h7-17,28,34H,18H2,1-6H3,(H,35,37). The summed E-state index contributed by atoms with van der Waals surface area (Å²) in [5.74, 6) is -0.207. The predicted octanol–water partition coefficient (Wildman–Crippen LogP) is 7.63. The van der Waals surface area contributed by atoms with Crippen LogP contribution >= 0.6 is 15.9 Å². The molecule has 38 heavy (non-hydrogen) atoms. The van der Waals surface area contributed by atoms with E-state index in [1.54, 1.807) is 4.57 Å². The van der Waals surface area contributed by atoms with E-state index < -0.39 is 11.6 Å². The molecular weight excluding hydrogens is 538 g/mol. The van der Waals surface area contributed by atoms with Gasteiger partial charge in [-0.05, 0) is 68.5 Å². The number of pyridine rings is 1. The van der Waals surface area contributed by atoms with E-state index in [4.69, 9.17) is 0 Å². The molecular formula is C32H34BrN3O2. The number of fused-ring (bicyclic) bond motifs is 5. The summed E-state index contributed by atoms with van der Waals surface area (Å²) in [6, 6.07) is 20.8. The van der Waals surface area contributed by atoms with Gasteiger partial charge in [-0.3, -0.25) is 14.2 Å². The van der Waals surface area contributed by atoms with Crippen molar-refractivity contribution in [1.82, 2.24) is 14.9 Å². The van der Waals surface area contributed by atoms with Gasteiger partial charge in [0.1, 0.15) is 11.6 Å². The van der Waals surface area contributed by atoms with E-state index in [1.807, 2.05) is 81.4 Å². The molecule has 0 saturated heterocycles. The van der Waals surface area contributed by atoms with Gasteiger partial charge in [0.25, 0.3) is 5.56 Å². The Kier molecular flexibility index (Phi) is 6.50. The molecule has 5 aromatic rings. The largest absolute Gasteiger partial charge is 0.350 e. The lowest BCUT2D eigenvalue weighted by atomic mass is 9.81. The molecule has 0 radical (unpaired) electrons. The first-order chi connectivity index (χ1) is 17.8. The number of aryl methyl sites for hydroxylation is 1. The van der Waals surface area contributed by atoms with Gasteiger partial charge in [0.15, 0.2) is 0 Å². The maximum absolute atomic E-state index is 14.3. The zero-order valence-electron chi connectivity index (χ0n) is 22.8. The predicted molar refractivity (Wildman–Crippen MR) is 161 cm³/mol. The van der Waals surface area contributed by atoms with Crippen LogP contribution in [0.15, 0.2) is 76.0 Å². The summed E-state index contributed by atoms with van der Waals surface area (Å²) in [6.45, 7) is 12.6. The van der Waals surface area contributed by atoms with Crippen molar-refractivity contribution in [3.63, 3.8) is 0 Å². The lowest BCUT2D eigenvalue weighted by molar-refractivity contribution is -0.125. The Hall–Kier alpha value is -3.38. The highest BCUT2D eigenvalue weighted by atomic mass is 79.9. The first-order valence-electron chi connectivity index (χ1n) is 13.0. The van der Waals surface area contributed by atoms with E-state index in [1.165, 1.54) is 0 Å². The first kappa shape index (κ1) is 26.2. The van der Waals surface area contributed by atoms with Crippen LogP contribution in [0.4, 0.5) is 0 Å². The van der Waals surface area contributed by atoms with E-state index in [0.717, 1.165) is 49.2 Å². The molecule has 0 saturated carbocycles. The van der Waals surface area contributed by atoms with Gasteiger partial charge in [-0.1, -0.05) is 78.7 Å². The van der Waals surface area contributed by atoms with Gasteiger partial charge in [-0.15, -0.1) is 0 Å². The lowest BCUT2D eigenvalue weighted by Crippen LogP contribution is -2.49. The monoisotopic (exact) mass is 571 g/mol. The fourth-order valence-corrected chi connectivity index (χ4v) is 6.23. The van der Waals surface area contributed by atoms with Crippen LogP contribution in [0.3, 0.4) is 0 Å². The average molecular weight is 573 g/mol. The molecule has 2 heterocycles. The van der Waals surface area contributed by atoms with Gasteiger partial charge in [0.2, 0.25) is 5.91 Å². The molecule has 0 aliphatic carbocycles. The van der Waals surface area contributed by atoms with Crippen LogP contribution in [-0.2, 0) is 4.79 Å². The van der Waals surface area contributed by atoms with Crippen molar-refractivity contribution >= 4 is 54.5 Å². The van der Waals surface area contributed by atoms with Crippen LogP contribution in [0.1, 0.15) is 58.2 Å². The molecule has 1 atom stereocenters. The van der Waals surface area contributed by atoms with Crippen molar-refractivity contribution < 1.29 is 4.79 Å². The Morgan fingerprint density at radius 3 is 2.34 bits per heavy atom. The van der Waals surface area contributed by atoms with Crippen LogP contribution in [0.2, 0.25) is 0 Å². The lowest BCUT2D eigenvalue weighted by Gasteiger charge is -2.35. The van der Waals surface area contributed by atoms with Crippen molar-refractivity contribution in [2.24, 2.45) is 5.41 Å². The highest BCUT2D eigenvalue weighted by Gasteiger charge is 2.33. The van der Waals surface area contributed by atoms with Gasteiger partial charge in [0, 0.05) is 31.7 Å². The highest BCUT2D eigenvalue weighted by molar-refractivity contribution is 9.10. The average Bonchev–Trinajstić information content (AvgIpc) is 3.21. The fourth-order valence-electron chi connectivity index (χ4n) is 5.96. The summed E-state index contributed by atoms with van der Waals surface area (Å²) >= 11 is 3.51. The summed E-state index contributed by atoms with van der Waals surface area (Å²) in [5, 5.41) is 6.12. The number of nitrogens with zero attached hydrogens (tertiary/aromatic N) is 1. The summed E-state index contributed by atoms with van der Waals surface area (Å²) < 4.78 is 2.57. The molecule has 0 fully saturated rings. The van der Waals surface area contributed by atoms with Crippen molar-refractivity contribution in [2.45, 2.75) is 59.5 Å². The van der Waals surface area contributed by atoms with Crippen LogP contribution in [0.25, 0.3) is 32.7 Å². The van der Waals surface area contributed by atoms with Crippen molar-refractivity contribution in [1.29, 1.82) is 0 Å². The second kappa shape index (κ2) is 9.42. The zero-order valence-corrected chi connectivity index (χ0v) is 24.4. The summed E-state index contributed by atoms with van der Waals surface area (Å²) in [5.41, 5.74) is 3.31. The van der Waals surface area contributed by atoms with Crippen molar-refractivity contribution in [3.05, 3.63) is 92.7 Å². The minimum atomic E-state index is -0.851. The van der Waals surface area contributed by atoms with Crippen LogP contribution in [0.5, 0.6) is 0 Å². The van der Waals surface area contributed by atoms with Gasteiger partial charge in [0.05, 0.1) is 5.52 Å². The number of rotatable bonds is 5. The van der Waals surface area contributed by atoms with Crippen LogP contribution in [0, 0.1) is 12.3 Å². The Morgan fingerprint density at radius 2 is 1.66 bits per heavy atom. The minimum Gasteiger partial charge on any atom is -0.350 e. The van der Waals surface area contributed by atoms with E-state index >= 15 is 0 Å². The SMILES string of the molecule is Cc1ccc2c(c1)c1c([nH]c3ccccc31)c(=O)n2C(C(=O)NC(C)(C)CC(C)(C)C)c1ccc(Br)cc1. The number of hydrogen-bond donors (Lipinski definition) is 2. The molecule has 5 rings (SSSR count). The van der Waals surface area contributed by atoms with Gasteiger partial charge in [-0.2, -0.15) is 0 Å². The topological polar surface area (TPSA) is 66.9 Å². The number of amides is 1. The number of aromatic nitrogens is 2. The number of halogens is 1. The van der Waals surface area contributed by atoms with E-state index in [-0.39, 0.29) is 16.9 Å². The number of aromatic amines is 1. The number of carbonyl (C=O) groups is 1. The molecule has 1 amide bonds. The third-order valence-electron chi connectivity index (χ3n) is 6.95. The number of benzene rings is 3. The summed E-state index contributed by atoms with van der Waals surface area (Å²) in [6.07, 6.45) is 0.786. The Morgan fingerprint density at radius 1 is 0.974 bits per heavy atom. The smallest absolute Gasteiger partial charge is 0.276 e. The second-order valence-electron chi connectivity index (χ2n) is 12.2. The Balaban J connectivity index is 1.81. The maximum Gasteiger partial charge on any atom is 0.276 e. The van der Waals surface area contributed by atoms with Crippen molar-refractivity contribution in [3.8, 4) is 0 Å². The third-order valence-corrected chi connectivity index (χ3v) is 7.47.